The number of aryl methyl sites for hydroxylation is 3. The fourth-order valence-electron chi connectivity index (χ4n) is 4.27. The van der Waals surface area contributed by atoms with Crippen molar-refractivity contribution in [1.82, 2.24) is 0 Å². The number of nitrogens with one attached hydrogen (secondary N) is 1. The number of nitrogens with zero attached hydrogens (tertiary/aromatic N) is 1. The Bertz CT molecular complexity index is 1470. The number of ether oxygens (including phenoxy) is 2. The number of allylic oxidation sites excluding steroid dienone is 1. The van der Waals surface area contributed by atoms with Gasteiger partial charge in [0.2, 0.25) is 0 Å². The Morgan fingerprint density at radius 1 is 0.897 bits per heavy atom. The fourth-order valence-corrected chi connectivity index (χ4v) is 4.27. The standard InChI is InChI=1S/C32H32N2O5/c1-6-38-32(37)30-23(5)34(26-14-9-21(3)22(4)17-26)31(36)28(30)18-24-10-15-27(16-11-24)39-19-29(35)33-25-12-7-20(2)8-13-25/h7-18H,6,19H2,1-5H3,(H,33,35)/b28-18-. The summed E-state index contributed by atoms with van der Waals surface area (Å²) < 4.78 is 10.9. The molecule has 1 N–H and O–H groups in total. The predicted octanol–water partition coefficient (Wildman–Crippen LogP) is 5.90. The average Bonchev–Trinajstić information content (AvgIpc) is 3.15. The second kappa shape index (κ2) is 11.8. The van der Waals surface area contributed by atoms with Crippen molar-refractivity contribution in [3.63, 3.8) is 0 Å². The SMILES string of the molecule is CCOC(=O)C1=C(C)N(c2ccc(C)c(C)c2)C(=O)/C1=C\c1ccc(OCC(=O)Nc2ccc(C)cc2)cc1. The Morgan fingerprint density at radius 2 is 1.59 bits per heavy atom. The highest BCUT2D eigenvalue weighted by molar-refractivity contribution is 6.23. The second-order valence-electron chi connectivity index (χ2n) is 9.42. The van der Waals surface area contributed by atoms with E-state index in [2.05, 4.69) is 5.32 Å². The molecule has 0 radical (unpaired) electrons. The van der Waals surface area contributed by atoms with E-state index in [1.165, 1.54) is 0 Å². The van der Waals surface area contributed by atoms with Crippen LogP contribution in [0, 0.1) is 20.8 Å². The minimum Gasteiger partial charge on any atom is -0.484 e. The summed E-state index contributed by atoms with van der Waals surface area (Å²) >= 11 is 0. The maximum Gasteiger partial charge on any atom is 0.340 e. The van der Waals surface area contributed by atoms with E-state index in [4.69, 9.17) is 9.47 Å². The molecule has 7 heteroatoms. The smallest absolute Gasteiger partial charge is 0.340 e. The van der Waals surface area contributed by atoms with E-state index >= 15 is 0 Å². The Labute approximate surface area is 228 Å². The zero-order chi connectivity index (χ0) is 28.1. The van der Waals surface area contributed by atoms with Gasteiger partial charge in [0, 0.05) is 17.1 Å². The minimum absolute atomic E-state index is 0.146. The molecular weight excluding hydrogens is 492 g/mol. The first-order chi connectivity index (χ1) is 18.7. The Kier molecular flexibility index (Phi) is 8.30. The van der Waals surface area contributed by atoms with E-state index in [1.54, 1.807) is 49.1 Å². The first-order valence-electron chi connectivity index (χ1n) is 12.8. The molecule has 0 atom stereocenters. The zero-order valence-corrected chi connectivity index (χ0v) is 22.8. The van der Waals surface area contributed by atoms with Gasteiger partial charge in [0.15, 0.2) is 6.61 Å². The molecule has 0 bridgehead atoms. The van der Waals surface area contributed by atoms with Gasteiger partial charge in [0.25, 0.3) is 11.8 Å². The summed E-state index contributed by atoms with van der Waals surface area (Å²) in [6.07, 6.45) is 1.67. The number of carbonyl (C=O) groups is 3. The molecule has 3 aromatic carbocycles. The molecule has 1 heterocycles. The molecule has 1 aliphatic rings. The number of esters is 1. The van der Waals surface area contributed by atoms with Crippen molar-refractivity contribution in [2.75, 3.05) is 23.4 Å². The Morgan fingerprint density at radius 3 is 2.23 bits per heavy atom. The highest BCUT2D eigenvalue weighted by Gasteiger charge is 2.38. The average molecular weight is 525 g/mol. The predicted molar refractivity (Wildman–Crippen MR) is 152 cm³/mol. The van der Waals surface area contributed by atoms with Crippen LogP contribution in [0.5, 0.6) is 5.75 Å². The highest BCUT2D eigenvalue weighted by Crippen LogP contribution is 2.36. The summed E-state index contributed by atoms with van der Waals surface area (Å²) in [5.41, 5.74) is 6.39. The fraction of sp³-hybridized carbons (Fsp3) is 0.219. The van der Waals surface area contributed by atoms with Crippen LogP contribution < -0.4 is 15.0 Å². The van der Waals surface area contributed by atoms with E-state index in [0.29, 0.717) is 28.4 Å². The molecule has 1 aliphatic heterocycles. The molecule has 200 valence electrons. The molecule has 0 saturated carbocycles. The molecule has 0 unspecified atom stereocenters. The van der Waals surface area contributed by atoms with Crippen LogP contribution in [0.2, 0.25) is 0 Å². The molecule has 7 nitrogen and oxygen atoms in total. The first-order valence-corrected chi connectivity index (χ1v) is 12.8. The summed E-state index contributed by atoms with van der Waals surface area (Å²) in [6.45, 7) is 9.50. The van der Waals surface area contributed by atoms with Crippen LogP contribution in [0.15, 0.2) is 83.6 Å². The number of benzene rings is 3. The van der Waals surface area contributed by atoms with E-state index in [0.717, 1.165) is 16.7 Å². The van der Waals surface area contributed by atoms with Gasteiger partial charge in [0.05, 0.1) is 17.8 Å². The van der Waals surface area contributed by atoms with E-state index in [9.17, 15) is 14.4 Å². The lowest BCUT2D eigenvalue weighted by atomic mass is 10.0. The molecule has 0 aromatic heterocycles. The molecule has 2 amide bonds. The van der Waals surface area contributed by atoms with Crippen molar-refractivity contribution in [2.45, 2.75) is 34.6 Å². The molecule has 0 spiro atoms. The molecule has 0 aliphatic carbocycles. The van der Waals surface area contributed by atoms with Crippen LogP contribution in [-0.2, 0) is 19.1 Å². The maximum atomic E-state index is 13.6. The number of hydrogen-bond acceptors (Lipinski definition) is 5. The minimum atomic E-state index is -0.541. The normalized spacial score (nSPS) is 14.1. The number of anilines is 2. The van der Waals surface area contributed by atoms with Crippen molar-refractivity contribution in [3.05, 3.63) is 106 Å². The van der Waals surface area contributed by atoms with Gasteiger partial charge in [-0.05, 0) is 93.8 Å². The Hall–Kier alpha value is -4.65. The van der Waals surface area contributed by atoms with Gasteiger partial charge in [0.1, 0.15) is 5.75 Å². The lowest BCUT2D eigenvalue weighted by Gasteiger charge is -2.19. The van der Waals surface area contributed by atoms with E-state index in [1.807, 2.05) is 63.2 Å². The summed E-state index contributed by atoms with van der Waals surface area (Å²) in [4.78, 5) is 40.3. The van der Waals surface area contributed by atoms with Gasteiger partial charge in [-0.2, -0.15) is 0 Å². The topological polar surface area (TPSA) is 84.9 Å². The molecule has 4 rings (SSSR count). The third kappa shape index (κ3) is 6.26. The molecule has 0 fully saturated rings. The monoisotopic (exact) mass is 524 g/mol. The first kappa shape index (κ1) is 27.4. The largest absolute Gasteiger partial charge is 0.484 e. The van der Waals surface area contributed by atoms with Crippen molar-refractivity contribution in [1.29, 1.82) is 0 Å². The third-order valence-corrected chi connectivity index (χ3v) is 6.52. The molecule has 39 heavy (non-hydrogen) atoms. The van der Waals surface area contributed by atoms with E-state index < -0.39 is 5.97 Å². The van der Waals surface area contributed by atoms with Gasteiger partial charge in [-0.3, -0.25) is 14.5 Å². The van der Waals surface area contributed by atoms with E-state index in [-0.39, 0.29) is 36.2 Å². The van der Waals surface area contributed by atoms with Gasteiger partial charge in [-0.1, -0.05) is 35.9 Å². The van der Waals surface area contributed by atoms with Crippen LogP contribution in [0.1, 0.15) is 36.1 Å². The summed E-state index contributed by atoms with van der Waals surface area (Å²) in [5, 5.41) is 2.79. The Balaban J connectivity index is 1.52. The molecule has 0 saturated heterocycles. The van der Waals surface area contributed by atoms with Crippen molar-refractivity contribution < 1.29 is 23.9 Å². The zero-order valence-electron chi connectivity index (χ0n) is 22.8. The summed E-state index contributed by atoms with van der Waals surface area (Å²) in [6, 6.07) is 20.2. The summed E-state index contributed by atoms with van der Waals surface area (Å²) in [5.74, 6) is -0.608. The van der Waals surface area contributed by atoms with Crippen LogP contribution >= 0.6 is 0 Å². The van der Waals surface area contributed by atoms with Gasteiger partial charge >= 0.3 is 5.97 Å². The van der Waals surface area contributed by atoms with Crippen LogP contribution in [-0.4, -0.2) is 31.0 Å². The number of hydrogen-bond donors (Lipinski definition) is 1. The van der Waals surface area contributed by atoms with Crippen molar-refractivity contribution in [3.8, 4) is 5.75 Å². The molecular formula is C32H32N2O5. The van der Waals surface area contributed by atoms with Crippen LogP contribution in [0.25, 0.3) is 6.08 Å². The summed E-state index contributed by atoms with van der Waals surface area (Å²) in [7, 11) is 0. The van der Waals surface area contributed by atoms with Crippen LogP contribution in [0.3, 0.4) is 0 Å². The quantitative estimate of drug-likeness (QED) is 0.293. The lowest BCUT2D eigenvalue weighted by molar-refractivity contribution is -0.138. The molecule has 3 aromatic rings. The lowest BCUT2D eigenvalue weighted by Crippen LogP contribution is -2.24. The van der Waals surface area contributed by atoms with Crippen molar-refractivity contribution >= 4 is 35.2 Å². The van der Waals surface area contributed by atoms with Crippen LogP contribution in [0.4, 0.5) is 11.4 Å². The van der Waals surface area contributed by atoms with Gasteiger partial charge in [-0.25, -0.2) is 4.79 Å². The maximum absolute atomic E-state index is 13.6. The third-order valence-electron chi connectivity index (χ3n) is 6.52. The van der Waals surface area contributed by atoms with Gasteiger partial charge < -0.3 is 14.8 Å². The highest BCUT2D eigenvalue weighted by atomic mass is 16.5. The second-order valence-corrected chi connectivity index (χ2v) is 9.42. The van der Waals surface area contributed by atoms with Crippen molar-refractivity contribution in [2.24, 2.45) is 0 Å². The number of rotatable bonds is 8. The number of amides is 2. The number of carbonyl (C=O) groups excluding carboxylic acids is 3. The van der Waals surface area contributed by atoms with Gasteiger partial charge in [-0.15, -0.1) is 0 Å².